The average Bonchev–Trinajstić information content (AvgIpc) is 3.40. The number of fused-ring (bicyclic) bond motifs is 1. The normalized spacial score (nSPS) is 25.1. The number of anilines is 1. The number of nitrogens with two attached hydrogens (primary N) is 1. The lowest BCUT2D eigenvalue weighted by Crippen LogP contribution is -2.41. The van der Waals surface area contributed by atoms with Gasteiger partial charge in [0.15, 0.2) is 23.1 Å². The molecule has 1 saturated heterocycles. The minimum atomic E-state index is -4.29. The van der Waals surface area contributed by atoms with Crippen LogP contribution >= 0.6 is 7.75 Å². The van der Waals surface area contributed by atoms with Crippen molar-refractivity contribution in [2.45, 2.75) is 63.9 Å². The molecule has 0 amide bonds. The molecule has 3 heterocycles. The molecule has 6 atom stereocenters. The first-order valence-electron chi connectivity index (χ1n) is 12.4. The third-order valence-electron chi connectivity index (χ3n) is 6.00. The fourth-order valence-corrected chi connectivity index (χ4v) is 5.58. The number of esters is 1. The maximum absolute atomic E-state index is 15.9. The molecule has 4 N–H and O–H groups in total. The van der Waals surface area contributed by atoms with Crippen molar-refractivity contribution in [2.75, 3.05) is 19.5 Å². The molecule has 3 aromatic rings. The van der Waals surface area contributed by atoms with Crippen LogP contribution in [0.15, 0.2) is 36.7 Å². The van der Waals surface area contributed by atoms with Crippen molar-refractivity contribution in [2.24, 2.45) is 0 Å². The molecular formula is C24H32FN6O8P. The number of nitrogens with zero attached hydrogens (tertiary/aromatic N) is 4. The van der Waals surface area contributed by atoms with Crippen LogP contribution in [0, 0.1) is 0 Å². The molecule has 218 valence electrons. The molecule has 0 aliphatic carbocycles. The Hall–Kier alpha value is -3.36. The Morgan fingerprint density at radius 3 is 2.65 bits per heavy atom. The molecule has 0 radical (unpaired) electrons. The predicted molar refractivity (Wildman–Crippen MR) is 140 cm³/mol. The number of aliphatic hydroxyl groups is 1. The van der Waals surface area contributed by atoms with E-state index in [1.807, 2.05) is 0 Å². The van der Waals surface area contributed by atoms with Gasteiger partial charge in [-0.05, 0) is 39.8 Å². The van der Waals surface area contributed by atoms with Crippen LogP contribution in [0.3, 0.4) is 0 Å². The molecule has 40 heavy (non-hydrogen) atoms. The summed E-state index contributed by atoms with van der Waals surface area (Å²) in [7, 11) is -2.92. The molecule has 16 heteroatoms. The van der Waals surface area contributed by atoms with Crippen molar-refractivity contribution in [3.63, 3.8) is 0 Å². The van der Waals surface area contributed by atoms with Crippen LogP contribution in [0.4, 0.5) is 10.3 Å². The van der Waals surface area contributed by atoms with Crippen LogP contribution < -0.4 is 20.1 Å². The number of nitrogens with one attached hydrogen (secondary N) is 1. The standard InChI is InChI=1S/C24H32FN6O8P/c1-13(2)37-21(33)14(3)30-40(34,39-15-9-7-6-8-10-15)36-11-16-18(32)24(4,25)22(38-16)31-12-27-17-19(31)28-23(26)29-20(17)35-5/h6-10,12-14,16,18,22,32H,11H2,1-5H3,(H,30,34)(H2,26,28,29)/t14?,16-,18-,22?,24-,40?/m1/s1. The number of hydrogen-bond donors (Lipinski definition) is 3. The fourth-order valence-electron chi connectivity index (χ4n) is 4.08. The molecule has 0 saturated carbocycles. The van der Waals surface area contributed by atoms with Gasteiger partial charge in [0.1, 0.15) is 24.0 Å². The summed E-state index contributed by atoms with van der Waals surface area (Å²) in [5.74, 6) is -0.566. The molecule has 3 unspecified atom stereocenters. The molecule has 4 rings (SSSR count). The number of alkyl halides is 1. The van der Waals surface area contributed by atoms with E-state index in [0.717, 1.165) is 6.92 Å². The first-order valence-corrected chi connectivity index (χ1v) is 13.9. The zero-order valence-electron chi connectivity index (χ0n) is 22.6. The van der Waals surface area contributed by atoms with Crippen molar-refractivity contribution >= 4 is 30.8 Å². The Morgan fingerprint density at radius 1 is 1.30 bits per heavy atom. The third-order valence-corrected chi connectivity index (χ3v) is 7.65. The minimum Gasteiger partial charge on any atom is -0.479 e. The van der Waals surface area contributed by atoms with Crippen LogP contribution in [-0.2, 0) is 23.4 Å². The van der Waals surface area contributed by atoms with Crippen LogP contribution in [0.1, 0.15) is 33.9 Å². The van der Waals surface area contributed by atoms with E-state index in [1.165, 1.54) is 37.1 Å². The number of hydrogen-bond acceptors (Lipinski definition) is 12. The molecule has 0 spiro atoms. The van der Waals surface area contributed by atoms with E-state index >= 15 is 4.39 Å². The van der Waals surface area contributed by atoms with E-state index in [1.54, 1.807) is 32.0 Å². The van der Waals surface area contributed by atoms with Gasteiger partial charge in [0, 0.05) is 0 Å². The minimum absolute atomic E-state index is 0.0791. The van der Waals surface area contributed by atoms with E-state index in [4.69, 9.17) is 29.0 Å². The number of ether oxygens (including phenoxy) is 3. The van der Waals surface area contributed by atoms with Gasteiger partial charge in [0.25, 0.3) is 0 Å². The third kappa shape index (κ3) is 6.18. The number of benzene rings is 1. The highest BCUT2D eigenvalue weighted by Gasteiger charge is 2.56. The van der Waals surface area contributed by atoms with Crippen molar-refractivity contribution in [1.29, 1.82) is 0 Å². The zero-order valence-corrected chi connectivity index (χ0v) is 23.4. The Bertz CT molecular complexity index is 1390. The lowest BCUT2D eigenvalue weighted by Gasteiger charge is -2.25. The van der Waals surface area contributed by atoms with Gasteiger partial charge in [0.2, 0.25) is 11.8 Å². The average molecular weight is 583 g/mol. The van der Waals surface area contributed by atoms with Gasteiger partial charge in [-0.3, -0.25) is 13.9 Å². The first kappa shape index (κ1) is 29.6. The number of para-hydroxylation sites is 1. The van der Waals surface area contributed by atoms with Gasteiger partial charge in [-0.25, -0.2) is 13.9 Å². The van der Waals surface area contributed by atoms with Crippen molar-refractivity contribution in [3.8, 4) is 11.6 Å². The quantitative estimate of drug-likeness (QED) is 0.222. The second kappa shape index (κ2) is 11.6. The molecule has 1 aliphatic heterocycles. The molecule has 1 fully saturated rings. The highest BCUT2D eigenvalue weighted by molar-refractivity contribution is 7.52. The number of rotatable bonds is 11. The van der Waals surface area contributed by atoms with E-state index in [2.05, 4.69) is 20.0 Å². The SMILES string of the molecule is COc1nc(N)nc2c1ncn2C1O[C@H](COP(=O)(NC(C)C(=O)OC(C)C)Oc2ccccc2)[C@@H](O)[C@@]1(C)F. The number of halogens is 1. The van der Waals surface area contributed by atoms with Crippen LogP contribution in [0.5, 0.6) is 11.6 Å². The fraction of sp³-hybridized carbons (Fsp3) is 0.500. The summed E-state index contributed by atoms with van der Waals surface area (Å²) in [6, 6.07) is 7.02. The van der Waals surface area contributed by atoms with Crippen LogP contribution in [0.25, 0.3) is 11.2 Å². The maximum atomic E-state index is 15.9. The van der Waals surface area contributed by atoms with E-state index in [-0.39, 0.29) is 28.7 Å². The van der Waals surface area contributed by atoms with Gasteiger partial charge in [-0.15, -0.1) is 0 Å². The second-order valence-electron chi connectivity index (χ2n) is 9.57. The summed E-state index contributed by atoms with van der Waals surface area (Å²) in [5.41, 5.74) is 3.71. The smallest absolute Gasteiger partial charge is 0.459 e. The number of methoxy groups -OCH3 is 1. The number of carbonyl (C=O) groups excluding carboxylic acids is 1. The molecule has 0 bridgehead atoms. The Labute approximate surface area is 229 Å². The topological polar surface area (TPSA) is 182 Å². The Morgan fingerprint density at radius 2 is 2.00 bits per heavy atom. The van der Waals surface area contributed by atoms with Crippen molar-refractivity contribution in [1.82, 2.24) is 24.6 Å². The van der Waals surface area contributed by atoms with E-state index in [9.17, 15) is 14.5 Å². The van der Waals surface area contributed by atoms with E-state index in [0.29, 0.717) is 0 Å². The van der Waals surface area contributed by atoms with Gasteiger partial charge in [-0.2, -0.15) is 15.1 Å². The van der Waals surface area contributed by atoms with Crippen LogP contribution in [0.2, 0.25) is 0 Å². The number of aliphatic hydroxyl groups excluding tert-OH is 1. The molecular weight excluding hydrogens is 550 g/mol. The van der Waals surface area contributed by atoms with Gasteiger partial charge < -0.3 is 29.6 Å². The van der Waals surface area contributed by atoms with Crippen molar-refractivity contribution < 1.29 is 42.1 Å². The van der Waals surface area contributed by atoms with Crippen molar-refractivity contribution in [3.05, 3.63) is 36.7 Å². The summed E-state index contributed by atoms with van der Waals surface area (Å²) < 4.78 is 58.3. The second-order valence-corrected chi connectivity index (χ2v) is 11.3. The first-order chi connectivity index (χ1) is 18.8. The lowest BCUT2D eigenvalue weighted by molar-refractivity contribution is -0.149. The predicted octanol–water partition coefficient (Wildman–Crippen LogP) is 2.54. The summed E-state index contributed by atoms with van der Waals surface area (Å²) in [5, 5.41) is 13.4. The largest absolute Gasteiger partial charge is 0.479 e. The highest BCUT2D eigenvalue weighted by Crippen LogP contribution is 2.48. The van der Waals surface area contributed by atoms with Crippen LogP contribution in [-0.4, -0.2) is 74.3 Å². The number of nitrogen functional groups attached to an aromatic ring is 1. The maximum Gasteiger partial charge on any atom is 0.459 e. The summed E-state index contributed by atoms with van der Waals surface area (Å²) >= 11 is 0. The molecule has 14 nitrogen and oxygen atoms in total. The zero-order chi connectivity index (χ0) is 29.2. The number of aromatic nitrogens is 4. The van der Waals surface area contributed by atoms with Gasteiger partial charge in [0.05, 0.1) is 26.1 Å². The number of carbonyl (C=O) groups is 1. The Balaban J connectivity index is 1.56. The molecule has 2 aromatic heterocycles. The van der Waals surface area contributed by atoms with Gasteiger partial charge in [-0.1, -0.05) is 18.2 Å². The van der Waals surface area contributed by atoms with Gasteiger partial charge >= 0.3 is 13.7 Å². The van der Waals surface area contributed by atoms with E-state index < -0.39 is 56.6 Å². The Kier molecular flexibility index (Phi) is 8.61. The summed E-state index contributed by atoms with van der Waals surface area (Å²) in [4.78, 5) is 24.6. The monoisotopic (exact) mass is 582 g/mol. The summed E-state index contributed by atoms with van der Waals surface area (Å²) in [6.07, 6.45) is -3.63. The molecule has 1 aromatic carbocycles. The summed E-state index contributed by atoms with van der Waals surface area (Å²) in [6.45, 7) is 5.33. The highest BCUT2D eigenvalue weighted by atomic mass is 31.2. The lowest BCUT2D eigenvalue weighted by atomic mass is 9.98. The number of imidazole rings is 1. The molecule has 1 aliphatic rings.